The molecule has 1 unspecified atom stereocenters. The van der Waals surface area contributed by atoms with Crippen LogP contribution in [0.4, 0.5) is 0 Å². The number of nitrogens with one attached hydrogen (secondary N) is 1. The number of carbonyl (C=O) groups is 3. The first kappa shape index (κ1) is 25.2. The number of benzene rings is 2. The Bertz CT molecular complexity index is 1200. The monoisotopic (exact) mass is 502 g/mol. The summed E-state index contributed by atoms with van der Waals surface area (Å²) in [5.41, 5.74) is 4.45. The summed E-state index contributed by atoms with van der Waals surface area (Å²) in [6.45, 7) is 11.5. The highest BCUT2D eigenvalue weighted by Gasteiger charge is 2.39. The minimum absolute atomic E-state index is 0.125. The van der Waals surface area contributed by atoms with Crippen LogP contribution in [0, 0.1) is 0 Å². The fourth-order valence-corrected chi connectivity index (χ4v) is 5.35. The summed E-state index contributed by atoms with van der Waals surface area (Å²) in [4.78, 5) is 43.1. The molecule has 194 valence electrons. The van der Waals surface area contributed by atoms with E-state index >= 15 is 0 Å². The molecule has 3 aliphatic rings. The van der Waals surface area contributed by atoms with E-state index in [9.17, 15) is 14.4 Å². The number of Topliss-reactive ketones (excluding diaryl/α,β-unsaturated/α-hetero) is 1. The average Bonchev–Trinajstić information content (AvgIpc) is 3.21. The van der Waals surface area contributed by atoms with Gasteiger partial charge in [0.2, 0.25) is 5.91 Å². The van der Waals surface area contributed by atoms with Crippen molar-refractivity contribution in [2.24, 2.45) is 0 Å². The van der Waals surface area contributed by atoms with Crippen LogP contribution in [-0.2, 0) is 29.3 Å². The molecule has 0 aromatic heterocycles. The largest absolute Gasteiger partial charge is 0.489 e. The lowest BCUT2D eigenvalue weighted by Gasteiger charge is -2.34. The number of amides is 2. The molecule has 8 nitrogen and oxygen atoms in total. The average molecular weight is 503 g/mol. The van der Waals surface area contributed by atoms with E-state index in [2.05, 4.69) is 46.0 Å². The Kier molecular flexibility index (Phi) is 7.39. The Hall–Kier alpha value is -3.49. The minimum Gasteiger partial charge on any atom is -0.489 e. The maximum Gasteiger partial charge on any atom is 0.255 e. The van der Waals surface area contributed by atoms with Crippen LogP contribution in [0.15, 0.2) is 54.7 Å². The molecule has 5 rings (SSSR count). The molecule has 1 N–H and O–H groups in total. The van der Waals surface area contributed by atoms with Crippen molar-refractivity contribution in [1.29, 1.82) is 0 Å². The summed E-state index contributed by atoms with van der Waals surface area (Å²) in [6.07, 6.45) is 1.26. The zero-order chi connectivity index (χ0) is 25.9. The van der Waals surface area contributed by atoms with Gasteiger partial charge in [-0.2, -0.15) is 0 Å². The van der Waals surface area contributed by atoms with Crippen molar-refractivity contribution in [3.63, 3.8) is 0 Å². The van der Waals surface area contributed by atoms with Gasteiger partial charge >= 0.3 is 0 Å². The maximum atomic E-state index is 13.1. The van der Waals surface area contributed by atoms with E-state index in [1.807, 2.05) is 12.1 Å². The number of rotatable bonds is 8. The molecule has 3 aliphatic heterocycles. The van der Waals surface area contributed by atoms with Gasteiger partial charge in [-0.3, -0.25) is 24.2 Å². The number of allylic oxidation sites excluding steroid dienone is 1. The van der Waals surface area contributed by atoms with Crippen molar-refractivity contribution in [2.45, 2.75) is 45.5 Å². The van der Waals surface area contributed by atoms with E-state index in [-0.39, 0.29) is 17.6 Å². The van der Waals surface area contributed by atoms with E-state index in [1.165, 1.54) is 5.56 Å². The lowest BCUT2D eigenvalue weighted by molar-refractivity contribution is -0.126. The summed E-state index contributed by atoms with van der Waals surface area (Å²) < 4.78 is 6.16. The zero-order valence-electron chi connectivity index (χ0n) is 21.4. The number of piperazine rings is 1. The summed E-state index contributed by atoms with van der Waals surface area (Å²) in [6, 6.07) is 13.5. The van der Waals surface area contributed by atoms with Gasteiger partial charge in [0.15, 0.2) is 0 Å². The maximum absolute atomic E-state index is 13.1. The predicted octanol–water partition coefficient (Wildman–Crippen LogP) is 2.72. The predicted molar refractivity (Wildman–Crippen MR) is 140 cm³/mol. The van der Waals surface area contributed by atoms with Gasteiger partial charge in [0.25, 0.3) is 5.91 Å². The third-order valence-corrected chi connectivity index (χ3v) is 7.39. The molecule has 37 heavy (non-hydrogen) atoms. The minimum atomic E-state index is -0.483. The molecule has 0 radical (unpaired) electrons. The second-order valence-corrected chi connectivity index (χ2v) is 10.2. The number of ketones is 1. The Morgan fingerprint density at radius 1 is 1.03 bits per heavy atom. The number of piperidine rings is 1. The van der Waals surface area contributed by atoms with E-state index in [1.54, 1.807) is 17.9 Å². The van der Waals surface area contributed by atoms with E-state index in [4.69, 9.17) is 4.74 Å². The molecule has 0 spiro atoms. The molecule has 0 aliphatic carbocycles. The van der Waals surface area contributed by atoms with Crippen LogP contribution in [0.5, 0.6) is 5.75 Å². The molecular weight excluding hydrogens is 468 g/mol. The Labute approximate surface area is 217 Å². The molecule has 0 bridgehead atoms. The number of fused-ring (bicyclic) bond motifs is 1. The standard InChI is InChI=1S/C29H34N4O4/c1-20-6-11-26(28(35)30-20)33-18-25-24(29(33)36)4-3-5-27(25)37-19-23-9-7-22(8-10-23)17-32-14-12-31(13-15-32)16-21(2)34/h3-5,7-10,26H,1,6,11-19H2,2H3,(H,30,35). The smallest absolute Gasteiger partial charge is 0.255 e. The van der Waals surface area contributed by atoms with Crippen LogP contribution in [0.25, 0.3) is 0 Å². The quantitative estimate of drug-likeness (QED) is 0.598. The van der Waals surface area contributed by atoms with Crippen LogP contribution in [0.1, 0.15) is 46.8 Å². The third-order valence-electron chi connectivity index (χ3n) is 7.39. The summed E-state index contributed by atoms with van der Waals surface area (Å²) >= 11 is 0. The van der Waals surface area contributed by atoms with Gasteiger partial charge < -0.3 is 15.0 Å². The summed E-state index contributed by atoms with van der Waals surface area (Å²) in [7, 11) is 0. The van der Waals surface area contributed by atoms with Crippen LogP contribution in [0.2, 0.25) is 0 Å². The highest BCUT2D eigenvalue weighted by molar-refractivity contribution is 6.02. The fraction of sp³-hybridized carbons (Fsp3) is 0.414. The molecular formula is C29H34N4O4. The third kappa shape index (κ3) is 5.76. The van der Waals surface area contributed by atoms with Gasteiger partial charge in [-0.05, 0) is 43.0 Å². The topological polar surface area (TPSA) is 82.2 Å². The zero-order valence-corrected chi connectivity index (χ0v) is 21.4. The Morgan fingerprint density at radius 3 is 2.43 bits per heavy atom. The number of hydrogen-bond donors (Lipinski definition) is 1. The van der Waals surface area contributed by atoms with Crippen molar-refractivity contribution in [3.8, 4) is 5.75 Å². The summed E-state index contributed by atoms with van der Waals surface area (Å²) in [5.74, 6) is 0.609. The molecule has 0 saturated carbocycles. The van der Waals surface area contributed by atoms with Gasteiger partial charge in [0.05, 0.1) is 13.1 Å². The van der Waals surface area contributed by atoms with Gasteiger partial charge in [0, 0.05) is 49.5 Å². The van der Waals surface area contributed by atoms with Gasteiger partial charge in [0.1, 0.15) is 24.2 Å². The molecule has 2 fully saturated rings. The first-order valence-electron chi connectivity index (χ1n) is 12.9. The Balaban J connectivity index is 1.16. The van der Waals surface area contributed by atoms with Gasteiger partial charge in [-0.1, -0.05) is 36.9 Å². The van der Waals surface area contributed by atoms with Crippen molar-refractivity contribution in [1.82, 2.24) is 20.0 Å². The molecule has 1 atom stereocenters. The highest BCUT2D eigenvalue weighted by Crippen LogP contribution is 2.34. The number of carbonyl (C=O) groups excluding carboxylic acids is 3. The number of ether oxygens (including phenoxy) is 1. The van der Waals surface area contributed by atoms with E-state index in [0.717, 1.165) is 43.9 Å². The first-order valence-corrected chi connectivity index (χ1v) is 12.9. The lowest BCUT2D eigenvalue weighted by atomic mass is 10.0. The molecule has 2 amide bonds. The fourth-order valence-electron chi connectivity index (χ4n) is 5.35. The Morgan fingerprint density at radius 2 is 1.73 bits per heavy atom. The van der Waals surface area contributed by atoms with Crippen LogP contribution in [-0.4, -0.2) is 71.1 Å². The van der Waals surface area contributed by atoms with Crippen LogP contribution < -0.4 is 10.1 Å². The number of nitrogens with zero attached hydrogens (tertiary/aromatic N) is 3. The first-order chi connectivity index (χ1) is 17.9. The van der Waals surface area contributed by atoms with Gasteiger partial charge in [-0.25, -0.2) is 0 Å². The van der Waals surface area contributed by atoms with Crippen molar-refractivity contribution in [2.75, 3.05) is 32.7 Å². The van der Waals surface area contributed by atoms with E-state index < -0.39 is 6.04 Å². The molecule has 3 heterocycles. The van der Waals surface area contributed by atoms with Crippen LogP contribution in [0.3, 0.4) is 0 Å². The molecule has 8 heteroatoms. The molecule has 2 aromatic rings. The van der Waals surface area contributed by atoms with Crippen molar-refractivity contribution in [3.05, 3.63) is 77.0 Å². The van der Waals surface area contributed by atoms with Crippen LogP contribution >= 0.6 is 0 Å². The normalized spacial score (nSPS) is 20.6. The van der Waals surface area contributed by atoms with Crippen molar-refractivity contribution < 1.29 is 19.1 Å². The number of hydrogen-bond acceptors (Lipinski definition) is 6. The second kappa shape index (κ2) is 10.9. The molecule has 2 saturated heterocycles. The van der Waals surface area contributed by atoms with E-state index in [0.29, 0.717) is 49.5 Å². The van der Waals surface area contributed by atoms with Crippen molar-refractivity contribution >= 4 is 17.6 Å². The molecule has 2 aromatic carbocycles. The second-order valence-electron chi connectivity index (χ2n) is 10.2. The van der Waals surface area contributed by atoms with Gasteiger partial charge in [-0.15, -0.1) is 0 Å². The highest BCUT2D eigenvalue weighted by atomic mass is 16.5. The lowest BCUT2D eigenvalue weighted by Crippen LogP contribution is -2.49. The summed E-state index contributed by atoms with van der Waals surface area (Å²) in [5, 5.41) is 2.78. The SMILES string of the molecule is C=C1CCC(N2Cc3c(OCc4ccc(CN5CCN(CC(C)=O)CC5)cc4)cccc3C2=O)C(=O)N1.